The highest BCUT2D eigenvalue weighted by molar-refractivity contribution is 14.1. The van der Waals surface area contributed by atoms with Gasteiger partial charge in [-0.25, -0.2) is 9.97 Å². The van der Waals surface area contributed by atoms with Gasteiger partial charge in [0.15, 0.2) is 0 Å². The molecule has 4 heteroatoms. The minimum Gasteiger partial charge on any atom is -0.351 e. The normalized spacial score (nSPS) is 18.2. The Morgan fingerprint density at radius 1 is 1.11 bits per heavy atom. The van der Waals surface area contributed by atoms with Crippen LogP contribution in [-0.2, 0) is 12.8 Å². The number of hydrogen-bond acceptors (Lipinski definition) is 3. The number of nitrogens with zero attached hydrogens (tertiary/aromatic N) is 2. The summed E-state index contributed by atoms with van der Waals surface area (Å²) in [5.74, 6) is 0.736. The van der Waals surface area contributed by atoms with Crippen molar-refractivity contribution in [3.8, 4) is 0 Å². The summed E-state index contributed by atoms with van der Waals surface area (Å²) < 4.78 is 1.06. The second kappa shape index (κ2) is 5.22. The van der Waals surface area contributed by atoms with E-state index in [0.29, 0.717) is 6.04 Å². The first-order chi connectivity index (χ1) is 8.81. The molecule has 18 heavy (non-hydrogen) atoms. The lowest BCUT2D eigenvalue weighted by molar-refractivity contribution is 0.606. The SMILES string of the molecule is Ic1cnc(NC2CCc3ccccc3C2)nc1. The molecule has 0 saturated heterocycles. The molecule has 92 valence electrons. The average molecular weight is 351 g/mol. The molecule has 0 spiro atoms. The van der Waals surface area contributed by atoms with Gasteiger partial charge in [-0.15, -0.1) is 0 Å². The van der Waals surface area contributed by atoms with Crippen molar-refractivity contribution in [2.24, 2.45) is 0 Å². The third-order valence-corrected chi connectivity index (χ3v) is 3.86. The molecule has 0 radical (unpaired) electrons. The van der Waals surface area contributed by atoms with Crippen LogP contribution in [0.3, 0.4) is 0 Å². The fourth-order valence-electron chi connectivity index (χ4n) is 2.39. The van der Waals surface area contributed by atoms with E-state index >= 15 is 0 Å². The van der Waals surface area contributed by atoms with Crippen LogP contribution < -0.4 is 5.32 Å². The van der Waals surface area contributed by atoms with E-state index in [1.807, 2.05) is 12.4 Å². The van der Waals surface area contributed by atoms with Crippen molar-refractivity contribution in [1.29, 1.82) is 0 Å². The maximum atomic E-state index is 4.30. The van der Waals surface area contributed by atoms with Crippen LogP contribution in [-0.4, -0.2) is 16.0 Å². The van der Waals surface area contributed by atoms with Gasteiger partial charge in [0.05, 0.1) is 0 Å². The Bertz CT molecular complexity index is 539. The van der Waals surface area contributed by atoms with Gasteiger partial charge >= 0.3 is 0 Å². The molecular formula is C14H14IN3. The Hall–Kier alpha value is -1.17. The Kier molecular flexibility index (Phi) is 3.45. The van der Waals surface area contributed by atoms with Gasteiger partial charge in [0.25, 0.3) is 0 Å². The monoisotopic (exact) mass is 351 g/mol. The van der Waals surface area contributed by atoms with E-state index in [1.54, 1.807) is 0 Å². The number of rotatable bonds is 2. The summed E-state index contributed by atoms with van der Waals surface area (Å²) >= 11 is 2.21. The van der Waals surface area contributed by atoms with Gasteiger partial charge in [-0.3, -0.25) is 0 Å². The average Bonchev–Trinajstić information content (AvgIpc) is 2.41. The summed E-state index contributed by atoms with van der Waals surface area (Å²) in [6.07, 6.45) is 7.02. The zero-order chi connectivity index (χ0) is 12.4. The van der Waals surface area contributed by atoms with Gasteiger partial charge in [0.1, 0.15) is 0 Å². The molecule has 1 N–H and O–H groups in total. The lowest BCUT2D eigenvalue weighted by Gasteiger charge is -2.25. The third kappa shape index (κ3) is 2.63. The van der Waals surface area contributed by atoms with E-state index in [4.69, 9.17) is 0 Å². The van der Waals surface area contributed by atoms with E-state index in [9.17, 15) is 0 Å². The molecule has 1 unspecified atom stereocenters. The first-order valence-electron chi connectivity index (χ1n) is 6.12. The highest BCUT2D eigenvalue weighted by Gasteiger charge is 2.18. The summed E-state index contributed by atoms with van der Waals surface area (Å²) in [4.78, 5) is 8.60. The second-order valence-corrected chi connectivity index (χ2v) is 5.82. The quantitative estimate of drug-likeness (QED) is 0.846. The van der Waals surface area contributed by atoms with Crippen molar-refractivity contribution in [1.82, 2.24) is 9.97 Å². The number of halogens is 1. The van der Waals surface area contributed by atoms with Crippen molar-refractivity contribution in [2.75, 3.05) is 5.32 Å². The van der Waals surface area contributed by atoms with Gasteiger partial charge in [-0.05, 0) is 53.0 Å². The Morgan fingerprint density at radius 3 is 2.61 bits per heavy atom. The number of hydrogen-bond donors (Lipinski definition) is 1. The van der Waals surface area contributed by atoms with E-state index in [0.717, 1.165) is 28.8 Å². The maximum Gasteiger partial charge on any atom is 0.222 e. The van der Waals surface area contributed by atoms with Crippen LogP contribution in [0.5, 0.6) is 0 Å². The molecule has 1 aromatic carbocycles. The largest absolute Gasteiger partial charge is 0.351 e. The highest BCUT2D eigenvalue weighted by Crippen LogP contribution is 2.22. The highest BCUT2D eigenvalue weighted by atomic mass is 127. The van der Waals surface area contributed by atoms with Crippen molar-refractivity contribution in [3.63, 3.8) is 0 Å². The second-order valence-electron chi connectivity index (χ2n) is 4.58. The molecule has 1 aromatic heterocycles. The van der Waals surface area contributed by atoms with E-state index in [1.165, 1.54) is 11.1 Å². The molecule has 3 nitrogen and oxygen atoms in total. The lowest BCUT2D eigenvalue weighted by atomic mass is 9.88. The Labute approximate surface area is 120 Å². The fraction of sp³-hybridized carbons (Fsp3) is 0.286. The number of aromatic nitrogens is 2. The molecule has 0 fully saturated rings. The summed E-state index contributed by atoms with van der Waals surface area (Å²) in [6, 6.07) is 9.13. The van der Waals surface area contributed by atoms with Crippen LogP contribution >= 0.6 is 22.6 Å². The summed E-state index contributed by atoms with van der Waals surface area (Å²) in [7, 11) is 0. The molecule has 0 amide bonds. The number of nitrogens with one attached hydrogen (secondary N) is 1. The standard InChI is InChI=1S/C14H14IN3/c15-12-8-16-14(17-9-12)18-13-6-5-10-3-1-2-4-11(10)7-13/h1-4,8-9,13H,5-7H2,(H,16,17,18). The smallest absolute Gasteiger partial charge is 0.222 e. The van der Waals surface area contributed by atoms with Crippen molar-refractivity contribution in [2.45, 2.75) is 25.3 Å². The van der Waals surface area contributed by atoms with Crippen LogP contribution in [0.2, 0.25) is 0 Å². The van der Waals surface area contributed by atoms with Crippen LogP contribution in [0.25, 0.3) is 0 Å². The zero-order valence-electron chi connectivity index (χ0n) is 9.94. The van der Waals surface area contributed by atoms with Crippen molar-refractivity contribution in [3.05, 3.63) is 51.4 Å². The Morgan fingerprint density at radius 2 is 1.83 bits per heavy atom. The molecule has 2 aromatic rings. The van der Waals surface area contributed by atoms with E-state index in [2.05, 4.69) is 62.1 Å². The van der Waals surface area contributed by atoms with Crippen molar-refractivity contribution >= 4 is 28.5 Å². The molecule has 1 atom stereocenters. The summed E-state index contributed by atoms with van der Waals surface area (Å²) in [6.45, 7) is 0. The topological polar surface area (TPSA) is 37.8 Å². The fourth-order valence-corrected chi connectivity index (χ4v) is 2.67. The zero-order valence-corrected chi connectivity index (χ0v) is 12.1. The predicted molar refractivity (Wildman–Crippen MR) is 80.6 cm³/mol. The number of anilines is 1. The molecule has 1 aliphatic carbocycles. The Balaban J connectivity index is 1.71. The van der Waals surface area contributed by atoms with E-state index in [-0.39, 0.29) is 0 Å². The molecule has 0 aliphatic heterocycles. The molecule has 3 rings (SSSR count). The van der Waals surface area contributed by atoms with E-state index < -0.39 is 0 Å². The van der Waals surface area contributed by atoms with Gasteiger partial charge < -0.3 is 5.32 Å². The minimum atomic E-state index is 0.444. The van der Waals surface area contributed by atoms with Crippen LogP contribution in [0.15, 0.2) is 36.7 Å². The van der Waals surface area contributed by atoms with Crippen molar-refractivity contribution < 1.29 is 0 Å². The molecule has 1 heterocycles. The van der Waals surface area contributed by atoms with Gasteiger partial charge in [0.2, 0.25) is 5.95 Å². The third-order valence-electron chi connectivity index (χ3n) is 3.30. The van der Waals surface area contributed by atoms with Gasteiger partial charge in [0, 0.05) is 22.0 Å². The maximum absolute atomic E-state index is 4.30. The van der Waals surface area contributed by atoms with Crippen LogP contribution in [0.4, 0.5) is 5.95 Å². The molecule has 0 bridgehead atoms. The number of aryl methyl sites for hydroxylation is 1. The molecule has 0 saturated carbocycles. The number of fused-ring (bicyclic) bond motifs is 1. The first kappa shape index (κ1) is 11.9. The predicted octanol–water partition coefficient (Wildman–Crippen LogP) is 3.05. The lowest BCUT2D eigenvalue weighted by Crippen LogP contribution is -2.28. The minimum absolute atomic E-state index is 0.444. The number of benzene rings is 1. The van der Waals surface area contributed by atoms with Gasteiger partial charge in [-0.1, -0.05) is 24.3 Å². The molecular weight excluding hydrogens is 337 g/mol. The van der Waals surface area contributed by atoms with Crippen LogP contribution in [0.1, 0.15) is 17.5 Å². The van der Waals surface area contributed by atoms with Crippen LogP contribution in [0, 0.1) is 3.57 Å². The molecule has 1 aliphatic rings. The summed E-state index contributed by atoms with van der Waals surface area (Å²) in [5, 5.41) is 3.42. The van der Waals surface area contributed by atoms with Gasteiger partial charge in [-0.2, -0.15) is 0 Å². The summed E-state index contributed by atoms with van der Waals surface area (Å²) in [5.41, 5.74) is 2.94. The first-order valence-corrected chi connectivity index (χ1v) is 7.20.